The first kappa shape index (κ1) is 19.2. The second kappa shape index (κ2) is 8.08. The van der Waals surface area contributed by atoms with Crippen LogP contribution in [0.4, 0.5) is 15.8 Å². The molecule has 4 rings (SSSR count). The maximum absolute atomic E-state index is 14.6. The van der Waals surface area contributed by atoms with E-state index in [2.05, 4.69) is 10.3 Å². The molecule has 2 aromatic carbocycles. The van der Waals surface area contributed by atoms with E-state index < -0.39 is 5.82 Å². The average Bonchev–Trinajstić information content (AvgIpc) is 2.76. The van der Waals surface area contributed by atoms with E-state index in [9.17, 15) is 9.18 Å². The van der Waals surface area contributed by atoms with E-state index in [1.165, 1.54) is 26.4 Å². The van der Waals surface area contributed by atoms with Crippen LogP contribution in [0.25, 0.3) is 10.9 Å². The molecular formula is C21H22FN3O4. The summed E-state index contributed by atoms with van der Waals surface area (Å²) >= 11 is 0. The third kappa shape index (κ3) is 3.75. The molecule has 0 saturated carbocycles. The van der Waals surface area contributed by atoms with Crippen LogP contribution in [-0.4, -0.2) is 37.0 Å². The summed E-state index contributed by atoms with van der Waals surface area (Å²) in [6.45, 7) is 1.27. The average molecular weight is 399 g/mol. The molecule has 0 atom stereocenters. The third-order valence-electron chi connectivity index (χ3n) is 5.11. The minimum absolute atomic E-state index is 0.0659. The first-order valence-electron chi connectivity index (χ1n) is 9.38. The maximum Gasteiger partial charge on any atom is 0.261 e. The van der Waals surface area contributed by atoms with E-state index in [1.807, 2.05) is 0 Å². The summed E-state index contributed by atoms with van der Waals surface area (Å²) < 4.78 is 32.0. The van der Waals surface area contributed by atoms with Crippen molar-refractivity contribution in [3.05, 3.63) is 52.8 Å². The van der Waals surface area contributed by atoms with Crippen molar-refractivity contribution in [1.82, 2.24) is 9.55 Å². The zero-order valence-corrected chi connectivity index (χ0v) is 16.3. The van der Waals surface area contributed by atoms with Crippen LogP contribution in [-0.2, 0) is 4.74 Å². The van der Waals surface area contributed by atoms with E-state index in [4.69, 9.17) is 14.2 Å². The molecule has 2 heterocycles. The van der Waals surface area contributed by atoms with E-state index >= 15 is 0 Å². The number of nitrogens with zero attached hydrogens (tertiary/aromatic N) is 2. The fourth-order valence-electron chi connectivity index (χ4n) is 3.52. The standard InChI is InChI=1S/C21H22FN3O4/c1-27-15-10-18(20(22)19(11-15)28-2)24-13-3-4-17-16(9-13)21(26)25(12-23-17)14-5-7-29-8-6-14/h3-4,9-12,14,24H,5-8H2,1-2H3. The molecule has 8 heteroatoms. The molecule has 1 aliphatic rings. The van der Waals surface area contributed by atoms with Crippen LogP contribution in [0.15, 0.2) is 41.5 Å². The lowest BCUT2D eigenvalue weighted by atomic mass is 10.1. The van der Waals surface area contributed by atoms with Gasteiger partial charge in [0, 0.05) is 37.1 Å². The normalized spacial score (nSPS) is 14.7. The van der Waals surface area contributed by atoms with E-state index in [1.54, 1.807) is 29.1 Å². The fraction of sp³-hybridized carbons (Fsp3) is 0.333. The summed E-state index contributed by atoms with van der Waals surface area (Å²) in [5.41, 5.74) is 1.23. The molecule has 29 heavy (non-hydrogen) atoms. The Labute approximate surface area is 167 Å². The van der Waals surface area contributed by atoms with Crippen molar-refractivity contribution >= 4 is 22.3 Å². The molecule has 1 aromatic heterocycles. The lowest BCUT2D eigenvalue weighted by Gasteiger charge is -2.24. The van der Waals surface area contributed by atoms with Crippen LogP contribution in [0, 0.1) is 5.82 Å². The number of anilines is 2. The number of aromatic nitrogens is 2. The number of methoxy groups -OCH3 is 2. The molecule has 1 saturated heterocycles. The highest BCUT2D eigenvalue weighted by Crippen LogP contribution is 2.33. The van der Waals surface area contributed by atoms with E-state index in [0.717, 1.165) is 12.8 Å². The lowest BCUT2D eigenvalue weighted by Crippen LogP contribution is -2.29. The first-order valence-corrected chi connectivity index (χ1v) is 9.38. The van der Waals surface area contributed by atoms with Gasteiger partial charge >= 0.3 is 0 Å². The van der Waals surface area contributed by atoms with Crippen molar-refractivity contribution in [3.63, 3.8) is 0 Å². The molecular weight excluding hydrogens is 377 g/mol. The summed E-state index contributed by atoms with van der Waals surface area (Å²) in [7, 11) is 2.89. The van der Waals surface area contributed by atoms with Crippen LogP contribution >= 0.6 is 0 Å². The highest BCUT2D eigenvalue weighted by molar-refractivity contribution is 5.82. The number of benzene rings is 2. The quantitative estimate of drug-likeness (QED) is 0.706. The summed E-state index contributed by atoms with van der Waals surface area (Å²) in [5, 5.41) is 3.48. The van der Waals surface area contributed by atoms with Crippen LogP contribution < -0.4 is 20.3 Å². The molecule has 3 aromatic rings. The molecule has 0 amide bonds. The van der Waals surface area contributed by atoms with Crippen molar-refractivity contribution in [2.24, 2.45) is 0 Å². The van der Waals surface area contributed by atoms with E-state index in [-0.39, 0.29) is 23.0 Å². The molecule has 7 nitrogen and oxygen atoms in total. The lowest BCUT2D eigenvalue weighted by molar-refractivity contribution is 0.0685. The Bertz CT molecular complexity index is 1090. The van der Waals surface area contributed by atoms with Crippen LogP contribution in [0.1, 0.15) is 18.9 Å². The molecule has 0 unspecified atom stereocenters. The van der Waals surface area contributed by atoms with Crippen molar-refractivity contribution in [3.8, 4) is 11.5 Å². The number of nitrogens with one attached hydrogen (secondary N) is 1. The minimum Gasteiger partial charge on any atom is -0.497 e. The van der Waals surface area contributed by atoms with Gasteiger partial charge in [-0.1, -0.05) is 0 Å². The van der Waals surface area contributed by atoms with Gasteiger partial charge in [-0.05, 0) is 31.0 Å². The third-order valence-corrected chi connectivity index (χ3v) is 5.11. The molecule has 1 N–H and O–H groups in total. The van der Waals surface area contributed by atoms with E-state index in [0.29, 0.717) is 35.6 Å². The molecule has 152 valence electrons. The topological polar surface area (TPSA) is 74.6 Å². The Morgan fingerprint density at radius 1 is 1.17 bits per heavy atom. The van der Waals surface area contributed by atoms with Crippen molar-refractivity contribution in [2.45, 2.75) is 18.9 Å². The van der Waals surface area contributed by atoms with Gasteiger partial charge in [0.1, 0.15) is 5.75 Å². The Balaban J connectivity index is 1.72. The number of rotatable bonds is 5. The number of halogens is 1. The van der Waals surface area contributed by atoms with Crippen LogP contribution in [0.2, 0.25) is 0 Å². The number of ether oxygens (including phenoxy) is 3. The van der Waals surface area contributed by atoms with Gasteiger partial charge < -0.3 is 19.5 Å². The smallest absolute Gasteiger partial charge is 0.261 e. The predicted molar refractivity (Wildman–Crippen MR) is 108 cm³/mol. The van der Waals surface area contributed by atoms with Gasteiger partial charge in [0.05, 0.1) is 37.1 Å². The SMILES string of the molecule is COc1cc(Nc2ccc3ncn(C4CCOCC4)c(=O)c3c2)c(F)c(OC)c1. The summed E-state index contributed by atoms with van der Waals surface area (Å²) in [5.74, 6) is -0.0227. The summed E-state index contributed by atoms with van der Waals surface area (Å²) in [4.78, 5) is 17.5. The number of fused-ring (bicyclic) bond motifs is 1. The summed E-state index contributed by atoms with van der Waals surface area (Å²) in [6, 6.07) is 8.25. The van der Waals surface area contributed by atoms with Gasteiger partial charge in [-0.25, -0.2) is 9.37 Å². The summed E-state index contributed by atoms with van der Waals surface area (Å²) in [6.07, 6.45) is 3.15. The van der Waals surface area contributed by atoms with Gasteiger partial charge in [-0.3, -0.25) is 9.36 Å². The monoisotopic (exact) mass is 399 g/mol. The molecule has 1 fully saturated rings. The van der Waals surface area contributed by atoms with Crippen LogP contribution in [0.5, 0.6) is 11.5 Å². The first-order chi connectivity index (χ1) is 14.1. The minimum atomic E-state index is -0.542. The van der Waals surface area contributed by atoms with Crippen molar-refractivity contribution < 1.29 is 18.6 Å². The fourth-order valence-corrected chi connectivity index (χ4v) is 3.52. The Morgan fingerprint density at radius 3 is 2.69 bits per heavy atom. The van der Waals surface area contributed by atoms with Crippen molar-refractivity contribution in [2.75, 3.05) is 32.8 Å². The number of hydrogen-bond donors (Lipinski definition) is 1. The molecule has 0 spiro atoms. The molecule has 0 aliphatic carbocycles. The van der Waals surface area contributed by atoms with Gasteiger partial charge in [0.15, 0.2) is 11.6 Å². The van der Waals surface area contributed by atoms with Gasteiger partial charge in [-0.2, -0.15) is 0 Å². The Morgan fingerprint density at radius 2 is 1.97 bits per heavy atom. The Kier molecular flexibility index (Phi) is 5.35. The zero-order chi connectivity index (χ0) is 20.4. The largest absolute Gasteiger partial charge is 0.497 e. The second-order valence-electron chi connectivity index (χ2n) is 6.85. The van der Waals surface area contributed by atoms with Gasteiger partial charge in [0.25, 0.3) is 5.56 Å². The predicted octanol–water partition coefficient (Wildman–Crippen LogP) is 3.65. The molecule has 0 bridgehead atoms. The molecule has 0 radical (unpaired) electrons. The zero-order valence-electron chi connectivity index (χ0n) is 16.3. The van der Waals surface area contributed by atoms with Gasteiger partial charge in [0.2, 0.25) is 0 Å². The number of hydrogen-bond acceptors (Lipinski definition) is 6. The Hall–Kier alpha value is -3.13. The second-order valence-corrected chi connectivity index (χ2v) is 6.85. The van der Waals surface area contributed by atoms with Gasteiger partial charge in [-0.15, -0.1) is 0 Å². The molecule has 1 aliphatic heterocycles. The highest BCUT2D eigenvalue weighted by Gasteiger charge is 2.18. The van der Waals surface area contributed by atoms with Crippen molar-refractivity contribution in [1.29, 1.82) is 0 Å². The van der Waals surface area contributed by atoms with Crippen LogP contribution in [0.3, 0.4) is 0 Å². The maximum atomic E-state index is 14.6. The highest BCUT2D eigenvalue weighted by atomic mass is 19.1.